The molecule has 21 heteroatoms. The Hall–Kier alpha value is -5.89. The molecular formula is C50H74N8O13. The van der Waals surface area contributed by atoms with E-state index >= 15 is 4.79 Å². The van der Waals surface area contributed by atoms with Gasteiger partial charge >= 0.3 is 12.2 Å². The standard InChI is InChI=1S/C50H74N8O13/c1-14-15-16-58-40(65)34-19-49(25-56(34)42(67)50(58)20-32(28(4)59)57(26-50)44(69)71-46(9,10)11)41(66)55-24-48(29(5)60,18-33(55)39(64)54-49)53-38(63)31(52-43(68)70-45(6,7)8)23-51-30(17-27(2)3)37-35(61)21-47(12,13)22-36(37)62/h27,31-34,51H,14-26H2,1-13H3,(H,52,68)(H,53,63)(H,54,64)/t31-,32-,33?,34-,48-,49-,50-/m0/s1. The van der Waals surface area contributed by atoms with Crippen LogP contribution in [-0.2, 0) is 52.6 Å². The number of hydrogen-bond donors (Lipinski definition) is 4. The molecule has 1 saturated carbocycles. The summed E-state index contributed by atoms with van der Waals surface area (Å²) in [5, 5.41) is 11.2. The minimum absolute atomic E-state index is 0.00219. The Morgan fingerprint density at radius 2 is 1.41 bits per heavy atom. The lowest BCUT2D eigenvalue weighted by atomic mass is 9.73. The van der Waals surface area contributed by atoms with Crippen LogP contribution in [0.15, 0.2) is 11.3 Å². The molecule has 0 aromatic rings. The van der Waals surface area contributed by atoms with E-state index in [0.29, 0.717) is 18.5 Å². The Morgan fingerprint density at radius 3 is 1.96 bits per heavy atom. The Balaban J connectivity index is 1.28. The van der Waals surface area contributed by atoms with Crippen molar-refractivity contribution in [1.82, 2.24) is 40.9 Å². The number of rotatable bonds is 13. The number of amides is 7. The summed E-state index contributed by atoms with van der Waals surface area (Å²) in [4.78, 5) is 159. The van der Waals surface area contributed by atoms with Crippen LogP contribution in [-0.4, -0.2) is 169 Å². The normalized spacial score (nSPS) is 28.8. The molecule has 5 saturated heterocycles. The Kier molecular flexibility index (Phi) is 14.8. The minimum Gasteiger partial charge on any atom is -0.444 e. The van der Waals surface area contributed by atoms with E-state index in [-0.39, 0.29) is 81.2 Å². The molecular weight excluding hydrogens is 921 g/mol. The second-order valence-electron chi connectivity index (χ2n) is 23.7. The number of carbonyl (C=O) groups is 11. The van der Waals surface area contributed by atoms with Crippen LogP contribution in [0.1, 0.15) is 141 Å². The molecule has 71 heavy (non-hydrogen) atoms. The molecule has 2 spiro atoms. The smallest absolute Gasteiger partial charge is 0.411 e. The molecule has 6 aliphatic rings. The molecule has 7 amide bonds. The number of hydrogen-bond acceptors (Lipinski definition) is 14. The largest absolute Gasteiger partial charge is 0.444 e. The van der Waals surface area contributed by atoms with E-state index in [9.17, 15) is 47.9 Å². The van der Waals surface area contributed by atoms with Crippen LogP contribution in [0, 0.1) is 11.3 Å². The fourth-order valence-corrected chi connectivity index (χ4v) is 11.0. The Bertz CT molecular complexity index is 2310. The first-order valence-corrected chi connectivity index (χ1v) is 24.8. The van der Waals surface area contributed by atoms with E-state index in [4.69, 9.17) is 9.47 Å². The number of unbranched alkanes of at least 4 members (excludes halogenated alkanes) is 1. The maximum absolute atomic E-state index is 15.1. The van der Waals surface area contributed by atoms with Crippen LogP contribution < -0.4 is 21.3 Å². The van der Waals surface area contributed by atoms with Gasteiger partial charge in [0.25, 0.3) is 11.8 Å². The van der Waals surface area contributed by atoms with Crippen molar-refractivity contribution in [2.24, 2.45) is 11.3 Å². The first kappa shape index (κ1) is 54.4. The van der Waals surface area contributed by atoms with Gasteiger partial charge in [-0.15, -0.1) is 0 Å². The Morgan fingerprint density at radius 1 is 0.803 bits per heavy atom. The zero-order chi connectivity index (χ0) is 53.1. The van der Waals surface area contributed by atoms with Crippen molar-refractivity contribution in [2.75, 3.05) is 32.7 Å². The van der Waals surface area contributed by atoms with Gasteiger partial charge in [-0.2, -0.15) is 0 Å². The number of nitrogens with one attached hydrogen (secondary N) is 4. The third kappa shape index (κ3) is 10.8. The third-order valence-corrected chi connectivity index (χ3v) is 14.3. The number of allylic oxidation sites excluding steroid dienone is 2. The highest BCUT2D eigenvalue weighted by atomic mass is 16.6. The number of carbonyl (C=O) groups excluding carboxylic acids is 11. The molecule has 0 aromatic carbocycles. The SMILES string of the molecule is CCCCN1C(=O)[C@@H]2C[C@@]3(CN2C(=O)[C@@]12C[C@@H](C(C)=O)N(C(=O)OC(C)(C)C)C2)NC(=O)C1C[C@@](NC(=O)[C@H](CNC(CC(C)C)=C2C(=O)CC(C)(C)CC2=O)NC(=O)OC(C)(C)C)(C(C)=O)CN1C3=O. The molecule has 1 aliphatic carbocycles. The lowest BCUT2D eigenvalue weighted by Crippen LogP contribution is -2.72. The second kappa shape index (κ2) is 19.3. The molecule has 0 aromatic heterocycles. The van der Waals surface area contributed by atoms with Crippen LogP contribution in [0.4, 0.5) is 9.59 Å². The first-order chi connectivity index (χ1) is 32.7. The van der Waals surface area contributed by atoms with Crippen molar-refractivity contribution < 1.29 is 62.2 Å². The van der Waals surface area contributed by atoms with Gasteiger partial charge in [-0.25, -0.2) is 9.59 Å². The van der Waals surface area contributed by atoms with Crippen molar-refractivity contribution in [2.45, 2.75) is 193 Å². The highest BCUT2D eigenvalue weighted by Gasteiger charge is 2.70. The van der Waals surface area contributed by atoms with Gasteiger partial charge < -0.3 is 45.4 Å². The molecule has 392 valence electrons. The predicted octanol–water partition coefficient (Wildman–Crippen LogP) is 2.22. The van der Waals surface area contributed by atoms with E-state index in [0.717, 1.165) is 0 Å². The molecule has 21 nitrogen and oxygen atoms in total. The van der Waals surface area contributed by atoms with E-state index in [1.807, 2.05) is 34.6 Å². The van der Waals surface area contributed by atoms with Crippen molar-refractivity contribution in [3.63, 3.8) is 0 Å². The summed E-state index contributed by atoms with van der Waals surface area (Å²) in [6.07, 6.45) is -1.03. The fourth-order valence-electron chi connectivity index (χ4n) is 11.0. The maximum atomic E-state index is 15.1. The summed E-state index contributed by atoms with van der Waals surface area (Å²) in [6.45, 7) is 20.3. The predicted molar refractivity (Wildman–Crippen MR) is 255 cm³/mol. The summed E-state index contributed by atoms with van der Waals surface area (Å²) in [5.74, 6) is -5.12. The average molecular weight is 995 g/mol. The molecule has 4 N–H and O–H groups in total. The number of likely N-dealkylation sites (tertiary alicyclic amines) is 1. The minimum atomic E-state index is -1.87. The fraction of sp³-hybridized carbons (Fsp3) is 0.740. The third-order valence-electron chi connectivity index (χ3n) is 14.3. The monoisotopic (exact) mass is 995 g/mol. The average Bonchev–Trinajstić information content (AvgIpc) is 3.93. The number of alkyl carbamates (subject to hydrolysis) is 1. The zero-order valence-corrected chi connectivity index (χ0v) is 43.7. The summed E-state index contributed by atoms with van der Waals surface area (Å²) in [5.41, 5.74) is -7.55. The quantitative estimate of drug-likeness (QED) is 0.152. The number of ketones is 4. The summed E-state index contributed by atoms with van der Waals surface area (Å²) >= 11 is 0. The molecule has 6 rings (SSSR count). The summed E-state index contributed by atoms with van der Waals surface area (Å²) in [6, 6.07) is -5.06. The van der Waals surface area contributed by atoms with Gasteiger partial charge in [0.15, 0.2) is 23.1 Å². The van der Waals surface area contributed by atoms with Gasteiger partial charge in [0.05, 0.1) is 31.2 Å². The number of nitrogens with zero attached hydrogens (tertiary/aromatic N) is 4. The van der Waals surface area contributed by atoms with Gasteiger partial charge in [-0.05, 0) is 79.6 Å². The number of ether oxygens (including phenoxy) is 2. The van der Waals surface area contributed by atoms with Gasteiger partial charge in [-0.1, -0.05) is 41.0 Å². The van der Waals surface area contributed by atoms with E-state index in [1.54, 1.807) is 41.5 Å². The molecule has 5 heterocycles. The summed E-state index contributed by atoms with van der Waals surface area (Å²) < 4.78 is 11.1. The van der Waals surface area contributed by atoms with Crippen LogP contribution in [0.3, 0.4) is 0 Å². The highest BCUT2D eigenvalue weighted by molar-refractivity contribution is 6.22. The Labute approximate surface area is 415 Å². The molecule has 0 radical (unpaired) electrons. The van der Waals surface area contributed by atoms with E-state index < -0.39 is 124 Å². The van der Waals surface area contributed by atoms with Gasteiger partial charge in [0.1, 0.15) is 45.9 Å². The highest BCUT2D eigenvalue weighted by Crippen LogP contribution is 2.46. The molecule has 6 fully saturated rings. The molecule has 5 aliphatic heterocycles. The lowest BCUT2D eigenvalue weighted by Gasteiger charge is -2.48. The van der Waals surface area contributed by atoms with Crippen LogP contribution in [0.5, 0.6) is 0 Å². The topological polar surface area (TPSA) is 267 Å². The van der Waals surface area contributed by atoms with Gasteiger partial charge in [-0.3, -0.25) is 48.1 Å². The van der Waals surface area contributed by atoms with E-state index in [2.05, 4.69) is 21.3 Å². The van der Waals surface area contributed by atoms with Crippen LogP contribution >= 0.6 is 0 Å². The van der Waals surface area contributed by atoms with Crippen molar-refractivity contribution in [1.29, 1.82) is 0 Å². The summed E-state index contributed by atoms with van der Waals surface area (Å²) in [7, 11) is 0. The van der Waals surface area contributed by atoms with E-state index in [1.165, 1.54) is 33.4 Å². The van der Waals surface area contributed by atoms with Crippen LogP contribution in [0.25, 0.3) is 0 Å². The van der Waals surface area contributed by atoms with Crippen molar-refractivity contribution >= 4 is 64.9 Å². The number of piperazine rings is 2. The zero-order valence-electron chi connectivity index (χ0n) is 43.7. The van der Waals surface area contributed by atoms with Gasteiger partial charge in [0.2, 0.25) is 17.7 Å². The first-order valence-electron chi connectivity index (χ1n) is 24.8. The number of fused-ring (bicyclic) bond motifs is 2. The van der Waals surface area contributed by atoms with Gasteiger partial charge in [0, 0.05) is 50.9 Å². The van der Waals surface area contributed by atoms with Crippen molar-refractivity contribution in [3.8, 4) is 0 Å². The molecule has 7 atom stereocenters. The lowest BCUT2D eigenvalue weighted by molar-refractivity contribution is -0.168. The maximum Gasteiger partial charge on any atom is 0.411 e. The van der Waals surface area contributed by atoms with Crippen molar-refractivity contribution in [3.05, 3.63) is 11.3 Å². The molecule has 1 unspecified atom stereocenters. The second-order valence-corrected chi connectivity index (χ2v) is 23.7. The van der Waals surface area contributed by atoms with Crippen LogP contribution in [0.2, 0.25) is 0 Å². The molecule has 0 bridgehead atoms. The number of Topliss-reactive ketones (excluding diaryl/α,β-unsaturated/α-hetero) is 4.